The van der Waals surface area contributed by atoms with E-state index in [4.69, 9.17) is 5.73 Å². The van der Waals surface area contributed by atoms with Gasteiger partial charge in [0.25, 0.3) is 0 Å². The molecule has 0 heterocycles. The number of nitrogens with two attached hydrogens (primary N) is 1. The van der Waals surface area contributed by atoms with Crippen molar-refractivity contribution in [3.05, 3.63) is 23.3 Å². The summed E-state index contributed by atoms with van der Waals surface area (Å²) >= 11 is 0. The Morgan fingerprint density at radius 3 is 2.69 bits per heavy atom. The van der Waals surface area contributed by atoms with Gasteiger partial charge in [-0.05, 0) is 32.3 Å². The molecule has 1 aliphatic rings. The summed E-state index contributed by atoms with van der Waals surface area (Å²) in [4.78, 5) is 0. The van der Waals surface area contributed by atoms with E-state index in [0.29, 0.717) is 18.4 Å². The van der Waals surface area contributed by atoms with Crippen LogP contribution in [0.2, 0.25) is 0 Å². The Bertz CT molecular complexity index is 305. The molecule has 92 valence electrons. The lowest BCUT2D eigenvalue weighted by atomic mass is 9.93. The minimum atomic E-state index is -4.45. The third-order valence-electron chi connectivity index (χ3n) is 2.52. The van der Waals surface area contributed by atoms with E-state index in [-0.39, 0.29) is 12.5 Å². The lowest BCUT2D eigenvalue weighted by molar-refractivity contribution is -0.105. The zero-order valence-corrected chi connectivity index (χ0v) is 9.09. The zero-order chi connectivity index (χ0) is 12.3. The molecule has 1 rings (SSSR count). The summed E-state index contributed by atoms with van der Waals surface area (Å²) in [6.45, 7) is 1.81. The van der Waals surface area contributed by atoms with Gasteiger partial charge in [-0.1, -0.05) is 11.6 Å². The van der Waals surface area contributed by atoms with Crippen LogP contribution >= 0.6 is 0 Å². The molecule has 5 heteroatoms. The van der Waals surface area contributed by atoms with Crippen molar-refractivity contribution >= 4 is 0 Å². The monoisotopic (exact) mass is 235 g/mol. The number of allylic oxidation sites excluding steroid dienone is 2. The predicted molar refractivity (Wildman–Crippen MR) is 55.7 cm³/mol. The van der Waals surface area contributed by atoms with Gasteiger partial charge >= 0.3 is 6.18 Å². The summed E-state index contributed by atoms with van der Waals surface area (Å²) in [7, 11) is 0. The normalized spacial score (nSPS) is 23.8. The molecule has 0 bridgehead atoms. The Kier molecular flexibility index (Phi) is 4.15. The first-order chi connectivity index (χ1) is 7.30. The van der Waals surface area contributed by atoms with Crippen LogP contribution in [0.1, 0.15) is 26.2 Å². The van der Waals surface area contributed by atoms with Crippen LogP contribution in [-0.2, 0) is 0 Å². The van der Waals surface area contributed by atoms with Crippen molar-refractivity contribution < 1.29 is 18.3 Å². The highest BCUT2D eigenvalue weighted by atomic mass is 19.4. The summed E-state index contributed by atoms with van der Waals surface area (Å²) in [5.74, 6) is 0. The number of rotatable bonds is 3. The first-order valence-electron chi connectivity index (χ1n) is 5.22. The molecule has 16 heavy (non-hydrogen) atoms. The van der Waals surface area contributed by atoms with Crippen LogP contribution in [0.5, 0.6) is 0 Å². The maximum absolute atomic E-state index is 12.5. The largest absolute Gasteiger partial charge is 0.415 e. The van der Waals surface area contributed by atoms with Crippen LogP contribution in [0.25, 0.3) is 0 Å². The molecule has 0 saturated carbocycles. The van der Waals surface area contributed by atoms with Crippen molar-refractivity contribution in [2.75, 3.05) is 0 Å². The van der Waals surface area contributed by atoms with Crippen molar-refractivity contribution in [3.8, 4) is 0 Å². The second-order valence-electron chi connectivity index (χ2n) is 4.14. The van der Waals surface area contributed by atoms with E-state index in [0.717, 1.165) is 6.08 Å². The Morgan fingerprint density at radius 2 is 2.19 bits per heavy atom. The van der Waals surface area contributed by atoms with E-state index >= 15 is 0 Å². The van der Waals surface area contributed by atoms with Crippen molar-refractivity contribution in [2.45, 2.75) is 44.5 Å². The summed E-state index contributed by atoms with van der Waals surface area (Å²) in [6.07, 6.45) is -2.02. The Balaban J connectivity index is 2.73. The average Bonchev–Trinajstić information content (AvgIpc) is 2.14. The first-order valence-corrected chi connectivity index (χ1v) is 5.22. The number of aliphatic hydroxyl groups excluding tert-OH is 1. The van der Waals surface area contributed by atoms with E-state index in [9.17, 15) is 18.3 Å². The molecule has 0 fully saturated rings. The van der Waals surface area contributed by atoms with Crippen molar-refractivity contribution in [3.63, 3.8) is 0 Å². The molecule has 2 atom stereocenters. The van der Waals surface area contributed by atoms with Crippen LogP contribution in [0.15, 0.2) is 23.3 Å². The van der Waals surface area contributed by atoms with Gasteiger partial charge in [0.05, 0.1) is 11.7 Å². The Morgan fingerprint density at radius 1 is 1.56 bits per heavy atom. The van der Waals surface area contributed by atoms with Gasteiger partial charge < -0.3 is 10.8 Å². The quantitative estimate of drug-likeness (QED) is 0.788. The van der Waals surface area contributed by atoms with Gasteiger partial charge in [-0.25, -0.2) is 0 Å². The molecule has 1 aliphatic carbocycles. The highest BCUT2D eigenvalue weighted by molar-refractivity contribution is 5.33. The third-order valence-corrected chi connectivity index (χ3v) is 2.52. The van der Waals surface area contributed by atoms with E-state index in [1.807, 2.05) is 6.92 Å². The van der Waals surface area contributed by atoms with Gasteiger partial charge in [0.1, 0.15) is 0 Å². The maximum Gasteiger partial charge on any atom is 0.415 e. The second-order valence-corrected chi connectivity index (χ2v) is 4.14. The van der Waals surface area contributed by atoms with Gasteiger partial charge in [0, 0.05) is 6.04 Å². The number of halogens is 3. The summed E-state index contributed by atoms with van der Waals surface area (Å²) in [5, 5.41) is 9.24. The summed E-state index contributed by atoms with van der Waals surface area (Å²) < 4.78 is 37.5. The minimum absolute atomic E-state index is 0.0274. The number of hydrogen-bond acceptors (Lipinski definition) is 2. The van der Waals surface area contributed by atoms with Crippen molar-refractivity contribution in [1.82, 2.24) is 0 Å². The fourth-order valence-corrected chi connectivity index (χ4v) is 1.58. The van der Waals surface area contributed by atoms with E-state index in [1.165, 1.54) is 0 Å². The standard InChI is InChI=1S/C11H16F3NO/c1-7(15)2-3-8-4-5-10(16)9(6-8)11(12,13)14/h4,6-7,10,16H,2-3,5,15H2,1H3. The molecule has 0 saturated heterocycles. The number of hydrogen-bond donors (Lipinski definition) is 2. The molecule has 2 unspecified atom stereocenters. The molecular formula is C11H16F3NO. The van der Waals surface area contributed by atoms with E-state index in [2.05, 4.69) is 0 Å². The van der Waals surface area contributed by atoms with Crippen LogP contribution in [0.4, 0.5) is 13.2 Å². The van der Waals surface area contributed by atoms with Crippen LogP contribution in [0, 0.1) is 0 Å². The molecule has 0 aromatic carbocycles. The molecule has 0 aromatic heterocycles. The minimum Gasteiger partial charge on any atom is -0.388 e. The SMILES string of the molecule is CC(N)CCC1=CCC(O)C(C(F)(F)F)=C1. The lowest BCUT2D eigenvalue weighted by Crippen LogP contribution is -2.26. The zero-order valence-electron chi connectivity index (χ0n) is 9.09. The first kappa shape index (κ1) is 13.3. The van der Waals surface area contributed by atoms with E-state index in [1.54, 1.807) is 6.08 Å². The molecule has 3 N–H and O–H groups in total. The fraction of sp³-hybridized carbons (Fsp3) is 0.636. The molecule has 2 nitrogen and oxygen atoms in total. The van der Waals surface area contributed by atoms with Crippen molar-refractivity contribution in [2.24, 2.45) is 5.73 Å². The molecule has 0 amide bonds. The fourth-order valence-electron chi connectivity index (χ4n) is 1.58. The molecule has 0 spiro atoms. The van der Waals surface area contributed by atoms with Crippen LogP contribution < -0.4 is 5.73 Å². The molecular weight excluding hydrogens is 219 g/mol. The van der Waals surface area contributed by atoms with E-state index < -0.39 is 17.9 Å². The maximum atomic E-state index is 12.5. The smallest absolute Gasteiger partial charge is 0.388 e. The summed E-state index contributed by atoms with van der Waals surface area (Å²) in [6, 6.07) is -0.0320. The van der Waals surface area contributed by atoms with Gasteiger partial charge in [0.15, 0.2) is 0 Å². The van der Waals surface area contributed by atoms with Gasteiger partial charge in [-0.15, -0.1) is 0 Å². The topological polar surface area (TPSA) is 46.2 Å². The Labute approximate surface area is 92.6 Å². The van der Waals surface area contributed by atoms with Crippen LogP contribution in [0.3, 0.4) is 0 Å². The van der Waals surface area contributed by atoms with Gasteiger partial charge in [-0.2, -0.15) is 13.2 Å². The van der Waals surface area contributed by atoms with Gasteiger partial charge in [-0.3, -0.25) is 0 Å². The molecule has 0 radical (unpaired) electrons. The molecule has 0 aromatic rings. The third kappa shape index (κ3) is 3.64. The summed E-state index contributed by atoms with van der Waals surface area (Å²) in [5.41, 5.74) is 5.29. The Hall–Kier alpha value is -0.810. The second kappa shape index (κ2) is 5.01. The predicted octanol–water partition coefficient (Wildman–Crippen LogP) is 2.29. The van der Waals surface area contributed by atoms with Crippen LogP contribution in [-0.4, -0.2) is 23.4 Å². The highest BCUT2D eigenvalue weighted by Gasteiger charge is 2.38. The average molecular weight is 235 g/mol. The molecule has 0 aliphatic heterocycles. The van der Waals surface area contributed by atoms with Crippen molar-refractivity contribution in [1.29, 1.82) is 0 Å². The van der Waals surface area contributed by atoms with Gasteiger partial charge in [0.2, 0.25) is 0 Å². The highest BCUT2D eigenvalue weighted by Crippen LogP contribution is 2.34. The number of aliphatic hydroxyl groups is 1. The number of alkyl halides is 3. The lowest BCUT2D eigenvalue weighted by Gasteiger charge is -2.21.